The first-order valence-corrected chi connectivity index (χ1v) is 3.74. The van der Waals surface area contributed by atoms with E-state index in [1.54, 1.807) is 23.7 Å². The van der Waals surface area contributed by atoms with Gasteiger partial charge < -0.3 is 0 Å². The Morgan fingerprint density at radius 1 is 1.45 bits per heavy atom. The molecule has 2 aromatic rings. The van der Waals surface area contributed by atoms with Crippen molar-refractivity contribution in [2.75, 3.05) is 0 Å². The molecule has 2 rings (SSSR count). The second kappa shape index (κ2) is 4.01. The van der Waals surface area contributed by atoms with Crippen molar-refractivity contribution in [1.29, 1.82) is 0 Å². The predicted molar refractivity (Wildman–Crippen MR) is 46.8 cm³/mol. The van der Waals surface area contributed by atoms with Crippen LogP contribution < -0.4 is 0 Å². The van der Waals surface area contributed by atoms with Gasteiger partial charge in [-0.15, -0.1) is 11.3 Å². The molecule has 0 amide bonds. The Balaban J connectivity index is 0.000000605. The predicted octanol–water partition coefficient (Wildman–Crippen LogP) is 0.885. The summed E-state index contributed by atoms with van der Waals surface area (Å²) in [5, 5.41) is 9.61. The minimum atomic E-state index is 0. The van der Waals surface area contributed by atoms with E-state index in [0.717, 1.165) is 10.7 Å². The average Bonchev–Trinajstić information content (AvgIpc) is 2.59. The van der Waals surface area contributed by atoms with Crippen molar-refractivity contribution in [2.45, 2.75) is 0 Å². The molecule has 11 heavy (non-hydrogen) atoms. The molecular weight excluding hydrogens is 169 g/mol. The van der Waals surface area contributed by atoms with E-state index in [1.165, 1.54) is 0 Å². The van der Waals surface area contributed by atoms with Gasteiger partial charge in [-0.05, 0) is 6.07 Å². The first-order valence-electron chi connectivity index (χ1n) is 2.86. The van der Waals surface area contributed by atoms with Crippen molar-refractivity contribution in [3.8, 4) is 10.7 Å². The summed E-state index contributed by atoms with van der Waals surface area (Å²) in [6.07, 6.45) is 3.56. The Morgan fingerprint density at radius 2 is 2.36 bits per heavy atom. The summed E-state index contributed by atoms with van der Waals surface area (Å²) in [4.78, 5) is 4.09. The van der Waals surface area contributed by atoms with E-state index in [0.29, 0.717) is 0 Å². The maximum absolute atomic E-state index is 4.09. The van der Waals surface area contributed by atoms with Crippen molar-refractivity contribution >= 4 is 40.9 Å². The summed E-state index contributed by atoms with van der Waals surface area (Å²) in [5.74, 6) is 0. The monoisotopic (exact) mass is 175 g/mol. The number of nitrogens with one attached hydrogen (secondary N) is 1. The zero-order valence-electron chi connectivity index (χ0n) is 5.11. The summed E-state index contributed by atoms with van der Waals surface area (Å²) in [6.45, 7) is 0. The van der Waals surface area contributed by atoms with Gasteiger partial charge in [0.15, 0.2) is 0 Å². The standard InChI is InChI=1S/C6H5N3S.Na.H/c1-2-8-9-5(1)6-7-3-4-10-6;;/h1-4H,(H,8,9);;. The van der Waals surface area contributed by atoms with Crippen LogP contribution in [0.1, 0.15) is 0 Å². The summed E-state index contributed by atoms with van der Waals surface area (Å²) in [7, 11) is 0. The van der Waals surface area contributed by atoms with E-state index < -0.39 is 0 Å². The van der Waals surface area contributed by atoms with Crippen LogP contribution in [-0.4, -0.2) is 44.7 Å². The van der Waals surface area contributed by atoms with Gasteiger partial charge >= 0.3 is 29.6 Å². The fraction of sp³-hybridized carbons (Fsp3) is 0. The van der Waals surface area contributed by atoms with Gasteiger partial charge in [0.05, 0.1) is 0 Å². The molecule has 0 aliphatic carbocycles. The van der Waals surface area contributed by atoms with E-state index in [-0.39, 0.29) is 29.6 Å². The van der Waals surface area contributed by atoms with Crippen LogP contribution in [0.3, 0.4) is 0 Å². The fourth-order valence-corrected chi connectivity index (χ4v) is 1.34. The van der Waals surface area contributed by atoms with Gasteiger partial charge in [-0.25, -0.2) is 4.98 Å². The third-order valence-electron chi connectivity index (χ3n) is 1.15. The Labute approximate surface area is 90.2 Å². The molecule has 0 saturated heterocycles. The molecule has 0 aliphatic rings. The average molecular weight is 175 g/mol. The molecule has 0 spiro atoms. The van der Waals surface area contributed by atoms with Gasteiger partial charge in [0, 0.05) is 17.8 Å². The van der Waals surface area contributed by atoms with Crippen LogP contribution in [-0.2, 0) is 0 Å². The molecule has 0 fully saturated rings. The number of aromatic nitrogens is 3. The van der Waals surface area contributed by atoms with Crippen LogP contribution in [0, 0.1) is 0 Å². The van der Waals surface area contributed by atoms with Gasteiger partial charge in [0.1, 0.15) is 10.7 Å². The van der Waals surface area contributed by atoms with E-state index in [2.05, 4.69) is 15.2 Å². The van der Waals surface area contributed by atoms with Crippen molar-refractivity contribution in [1.82, 2.24) is 15.2 Å². The zero-order chi connectivity index (χ0) is 6.81. The smallest absolute Gasteiger partial charge is 0.143 e. The molecule has 3 nitrogen and oxygen atoms in total. The van der Waals surface area contributed by atoms with Gasteiger partial charge in [0.25, 0.3) is 0 Å². The first kappa shape index (κ1) is 8.93. The van der Waals surface area contributed by atoms with Crippen molar-refractivity contribution < 1.29 is 0 Å². The molecule has 0 aliphatic heterocycles. The SMILES string of the molecule is [NaH].c1csc(-c2cc[nH]n2)n1. The van der Waals surface area contributed by atoms with Crippen molar-refractivity contribution in [3.63, 3.8) is 0 Å². The number of H-pyrrole nitrogens is 1. The Kier molecular flexibility index (Phi) is 3.26. The number of thiazole rings is 1. The number of hydrogen-bond donors (Lipinski definition) is 1. The molecule has 52 valence electrons. The normalized spacial score (nSPS) is 9.09. The largest absolute Gasteiger partial charge is 0.285 e. The Morgan fingerprint density at radius 3 is 2.91 bits per heavy atom. The number of nitrogens with zero attached hydrogens (tertiary/aromatic N) is 2. The van der Waals surface area contributed by atoms with Crippen LogP contribution in [0.4, 0.5) is 0 Å². The molecule has 5 heteroatoms. The number of aromatic amines is 1. The molecule has 0 bridgehead atoms. The maximum Gasteiger partial charge on any atom is 0.143 e. The molecule has 0 atom stereocenters. The summed E-state index contributed by atoms with van der Waals surface area (Å²) >= 11 is 1.59. The number of hydrogen-bond acceptors (Lipinski definition) is 3. The molecule has 0 radical (unpaired) electrons. The van der Waals surface area contributed by atoms with E-state index in [1.807, 2.05) is 11.4 Å². The fourth-order valence-electron chi connectivity index (χ4n) is 0.729. The second-order valence-corrected chi connectivity index (χ2v) is 2.69. The third-order valence-corrected chi connectivity index (χ3v) is 1.95. The topological polar surface area (TPSA) is 41.6 Å². The minimum Gasteiger partial charge on any atom is -0.285 e. The van der Waals surface area contributed by atoms with Crippen LogP contribution in [0.2, 0.25) is 0 Å². The summed E-state index contributed by atoms with van der Waals surface area (Å²) in [5.41, 5.74) is 0.912. The molecule has 0 unspecified atom stereocenters. The molecule has 2 heterocycles. The third kappa shape index (κ3) is 1.90. The van der Waals surface area contributed by atoms with Crippen LogP contribution in [0.5, 0.6) is 0 Å². The van der Waals surface area contributed by atoms with Crippen molar-refractivity contribution in [2.24, 2.45) is 0 Å². The number of rotatable bonds is 1. The molecular formula is C6H6N3NaS. The van der Waals surface area contributed by atoms with Crippen LogP contribution in [0.25, 0.3) is 10.7 Å². The molecule has 0 saturated carbocycles. The zero-order valence-corrected chi connectivity index (χ0v) is 5.93. The van der Waals surface area contributed by atoms with E-state index in [9.17, 15) is 0 Å². The molecule has 0 aromatic carbocycles. The maximum atomic E-state index is 4.09. The quantitative estimate of drug-likeness (QED) is 0.654. The van der Waals surface area contributed by atoms with Gasteiger partial charge in [-0.3, -0.25) is 5.10 Å². The minimum absolute atomic E-state index is 0. The molecule has 2 aromatic heterocycles. The molecule has 1 N–H and O–H groups in total. The Bertz CT molecular complexity index is 257. The van der Waals surface area contributed by atoms with Gasteiger partial charge in [-0.2, -0.15) is 5.10 Å². The van der Waals surface area contributed by atoms with Crippen LogP contribution in [0.15, 0.2) is 23.8 Å². The first-order chi connectivity index (χ1) is 4.97. The summed E-state index contributed by atoms with van der Waals surface area (Å²) in [6, 6.07) is 1.90. The van der Waals surface area contributed by atoms with Crippen LogP contribution >= 0.6 is 11.3 Å². The van der Waals surface area contributed by atoms with Gasteiger partial charge in [0.2, 0.25) is 0 Å². The van der Waals surface area contributed by atoms with Gasteiger partial charge in [-0.1, -0.05) is 0 Å². The van der Waals surface area contributed by atoms with E-state index in [4.69, 9.17) is 0 Å². The summed E-state index contributed by atoms with van der Waals surface area (Å²) < 4.78 is 0. The van der Waals surface area contributed by atoms with E-state index >= 15 is 0 Å². The second-order valence-electron chi connectivity index (χ2n) is 1.80. The Hall–Kier alpha value is -0.160. The van der Waals surface area contributed by atoms with Crippen molar-refractivity contribution in [3.05, 3.63) is 23.8 Å².